The molecule has 0 aromatic carbocycles. The van der Waals surface area contributed by atoms with Gasteiger partial charge in [0.25, 0.3) is 0 Å². The molecule has 0 radical (unpaired) electrons. The van der Waals surface area contributed by atoms with Crippen molar-refractivity contribution >= 4 is 11.8 Å². The molecule has 14 heavy (non-hydrogen) atoms. The zero-order valence-corrected chi connectivity index (χ0v) is 10.2. The lowest BCUT2D eigenvalue weighted by Gasteiger charge is -2.12. The van der Waals surface area contributed by atoms with Gasteiger partial charge in [0.1, 0.15) is 0 Å². The average molecular weight is 213 g/mol. The summed E-state index contributed by atoms with van der Waals surface area (Å²) in [5.41, 5.74) is 2.42. The maximum absolute atomic E-state index is 4.33. The number of rotatable bonds is 5. The Morgan fingerprint density at radius 2 is 2.36 bits per heavy atom. The number of nitrogens with zero attached hydrogens (tertiary/aromatic N) is 2. The van der Waals surface area contributed by atoms with Crippen molar-refractivity contribution in [3.8, 4) is 0 Å². The van der Waals surface area contributed by atoms with Gasteiger partial charge in [-0.25, -0.2) is 0 Å². The van der Waals surface area contributed by atoms with E-state index in [1.165, 1.54) is 5.56 Å². The van der Waals surface area contributed by atoms with Gasteiger partial charge in [-0.3, -0.25) is 4.68 Å². The van der Waals surface area contributed by atoms with Crippen molar-refractivity contribution in [2.75, 3.05) is 18.6 Å². The van der Waals surface area contributed by atoms with Gasteiger partial charge < -0.3 is 5.32 Å². The van der Waals surface area contributed by atoms with Crippen LogP contribution >= 0.6 is 11.8 Å². The first-order valence-electron chi connectivity index (χ1n) is 4.87. The molecule has 0 bridgehead atoms. The first kappa shape index (κ1) is 11.6. The Morgan fingerprint density at radius 3 is 2.86 bits per heavy atom. The third-order valence-electron chi connectivity index (χ3n) is 2.27. The standard InChI is InChI=1S/C10H19N3S/c1-8(11-5-6-14-4)10-7-13(3)12-9(10)2/h7-8,11H,5-6H2,1-4H3. The maximum atomic E-state index is 4.33. The predicted molar refractivity (Wildman–Crippen MR) is 62.7 cm³/mol. The molecule has 0 amide bonds. The minimum Gasteiger partial charge on any atom is -0.309 e. The molecular weight excluding hydrogens is 194 g/mol. The molecule has 1 rings (SSSR count). The molecule has 0 fully saturated rings. The van der Waals surface area contributed by atoms with Gasteiger partial charge in [0.15, 0.2) is 0 Å². The second-order valence-electron chi connectivity index (χ2n) is 3.51. The monoisotopic (exact) mass is 213 g/mol. The molecule has 1 atom stereocenters. The Hall–Kier alpha value is -0.480. The van der Waals surface area contributed by atoms with Crippen LogP contribution in [0.2, 0.25) is 0 Å². The van der Waals surface area contributed by atoms with Crippen molar-refractivity contribution in [3.05, 3.63) is 17.5 Å². The summed E-state index contributed by atoms with van der Waals surface area (Å²) in [6.45, 7) is 5.29. The minimum absolute atomic E-state index is 0.399. The van der Waals surface area contributed by atoms with E-state index in [4.69, 9.17) is 0 Å². The van der Waals surface area contributed by atoms with Crippen molar-refractivity contribution in [3.63, 3.8) is 0 Å². The summed E-state index contributed by atoms with van der Waals surface area (Å²) in [4.78, 5) is 0. The molecular formula is C10H19N3S. The van der Waals surface area contributed by atoms with Crippen LogP contribution in [0.3, 0.4) is 0 Å². The van der Waals surface area contributed by atoms with Crippen molar-refractivity contribution in [2.45, 2.75) is 19.9 Å². The van der Waals surface area contributed by atoms with E-state index in [1.54, 1.807) is 0 Å². The van der Waals surface area contributed by atoms with Gasteiger partial charge in [0.05, 0.1) is 5.69 Å². The Bertz CT molecular complexity index is 283. The van der Waals surface area contributed by atoms with Crippen LogP contribution in [0.15, 0.2) is 6.20 Å². The fraction of sp³-hybridized carbons (Fsp3) is 0.700. The second kappa shape index (κ2) is 5.41. The van der Waals surface area contributed by atoms with E-state index in [0.717, 1.165) is 18.0 Å². The van der Waals surface area contributed by atoms with E-state index >= 15 is 0 Å². The van der Waals surface area contributed by atoms with Crippen molar-refractivity contribution in [2.24, 2.45) is 7.05 Å². The third kappa shape index (κ3) is 3.03. The van der Waals surface area contributed by atoms with E-state index in [9.17, 15) is 0 Å². The maximum Gasteiger partial charge on any atom is 0.0641 e. The van der Waals surface area contributed by atoms with E-state index < -0.39 is 0 Å². The third-order valence-corrected chi connectivity index (χ3v) is 2.89. The molecule has 0 saturated carbocycles. The van der Waals surface area contributed by atoms with E-state index in [1.807, 2.05) is 23.5 Å². The summed E-state index contributed by atoms with van der Waals surface area (Å²) in [5.74, 6) is 1.16. The lowest BCUT2D eigenvalue weighted by molar-refractivity contribution is 0.598. The summed E-state index contributed by atoms with van der Waals surface area (Å²) in [5, 5.41) is 7.81. The quantitative estimate of drug-likeness (QED) is 0.756. The average Bonchev–Trinajstić information content (AvgIpc) is 2.45. The fourth-order valence-corrected chi connectivity index (χ4v) is 1.85. The van der Waals surface area contributed by atoms with E-state index in [0.29, 0.717) is 6.04 Å². The number of hydrogen-bond acceptors (Lipinski definition) is 3. The predicted octanol–water partition coefficient (Wildman–Crippen LogP) is 1.74. The summed E-state index contributed by atoms with van der Waals surface area (Å²) in [7, 11) is 1.96. The highest BCUT2D eigenvalue weighted by Crippen LogP contribution is 2.14. The molecule has 0 aliphatic carbocycles. The molecule has 0 aliphatic rings. The normalized spacial score (nSPS) is 13.1. The van der Waals surface area contributed by atoms with Crippen LogP contribution in [-0.2, 0) is 7.05 Å². The van der Waals surface area contributed by atoms with Gasteiger partial charge in [-0.05, 0) is 20.1 Å². The minimum atomic E-state index is 0.399. The Labute approximate surface area is 90.3 Å². The number of thioether (sulfide) groups is 1. The van der Waals surface area contributed by atoms with Crippen LogP contribution in [0.4, 0.5) is 0 Å². The lowest BCUT2D eigenvalue weighted by Crippen LogP contribution is -2.21. The van der Waals surface area contributed by atoms with Gasteiger partial charge >= 0.3 is 0 Å². The highest BCUT2D eigenvalue weighted by atomic mass is 32.2. The molecule has 0 aliphatic heterocycles. The van der Waals surface area contributed by atoms with Crippen molar-refractivity contribution in [1.29, 1.82) is 0 Å². The van der Waals surface area contributed by atoms with Crippen molar-refractivity contribution in [1.82, 2.24) is 15.1 Å². The van der Waals surface area contributed by atoms with Crippen molar-refractivity contribution < 1.29 is 0 Å². The zero-order valence-electron chi connectivity index (χ0n) is 9.37. The second-order valence-corrected chi connectivity index (χ2v) is 4.50. The fourth-order valence-electron chi connectivity index (χ4n) is 1.53. The Kier molecular flexibility index (Phi) is 4.48. The first-order chi connectivity index (χ1) is 6.65. The lowest BCUT2D eigenvalue weighted by atomic mass is 10.1. The molecule has 1 aromatic rings. The van der Waals surface area contributed by atoms with Crippen LogP contribution in [0, 0.1) is 6.92 Å². The molecule has 1 unspecified atom stereocenters. The first-order valence-corrected chi connectivity index (χ1v) is 6.27. The number of nitrogens with one attached hydrogen (secondary N) is 1. The summed E-state index contributed by atoms with van der Waals surface area (Å²) < 4.78 is 1.87. The SMILES string of the molecule is CSCCNC(C)c1cn(C)nc1C. The smallest absolute Gasteiger partial charge is 0.0641 e. The van der Waals surface area contributed by atoms with Crippen LogP contribution < -0.4 is 5.32 Å². The zero-order chi connectivity index (χ0) is 10.6. The van der Waals surface area contributed by atoms with Gasteiger partial charge in [0, 0.05) is 37.1 Å². The summed E-state index contributed by atoms with van der Waals surface area (Å²) in [6, 6.07) is 0.399. The number of hydrogen-bond donors (Lipinski definition) is 1. The highest BCUT2D eigenvalue weighted by molar-refractivity contribution is 7.98. The molecule has 1 aromatic heterocycles. The molecule has 0 spiro atoms. The van der Waals surface area contributed by atoms with Gasteiger partial charge in [-0.2, -0.15) is 16.9 Å². The molecule has 1 N–H and O–H groups in total. The summed E-state index contributed by atoms with van der Waals surface area (Å²) >= 11 is 1.86. The largest absolute Gasteiger partial charge is 0.309 e. The number of aryl methyl sites for hydroxylation is 2. The van der Waals surface area contributed by atoms with Crippen LogP contribution in [-0.4, -0.2) is 28.3 Å². The topological polar surface area (TPSA) is 29.9 Å². The van der Waals surface area contributed by atoms with Crippen LogP contribution in [0.25, 0.3) is 0 Å². The summed E-state index contributed by atoms with van der Waals surface area (Å²) in [6.07, 6.45) is 4.22. The molecule has 1 heterocycles. The van der Waals surface area contributed by atoms with Gasteiger partial charge in [-0.15, -0.1) is 0 Å². The van der Waals surface area contributed by atoms with Crippen LogP contribution in [0.1, 0.15) is 24.2 Å². The van der Waals surface area contributed by atoms with E-state index in [-0.39, 0.29) is 0 Å². The Morgan fingerprint density at radius 1 is 1.64 bits per heavy atom. The van der Waals surface area contributed by atoms with Gasteiger partial charge in [0.2, 0.25) is 0 Å². The molecule has 80 valence electrons. The Balaban J connectivity index is 2.51. The van der Waals surface area contributed by atoms with Gasteiger partial charge in [-0.1, -0.05) is 0 Å². The van der Waals surface area contributed by atoms with Crippen LogP contribution in [0.5, 0.6) is 0 Å². The molecule has 3 nitrogen and oxygen atoms in total. The number of aromatic nitrogens is 2. The molecule has 4 heteroatoms. The highest BCUT2D eigenvalue weighted by Gasteiger charge is 2.10. The molecule has 0 saturated heterocycles. The van der Waals surface area contributed by atoms with E-state index in [2.05, 4.69) is 36.7 Å².